The van der Waals surface area contributed by atoms with Crippen molar-refractivity contribution in [2.24, 2.45) is 20.6 Å². The van der Waals surface area contributed by atoms with Gasteiger partial charge in [0.05, 0.1) is 54.7 Å². The third kappa shape index (κ3) is 13.6. The number of hydrogen-bond acceptors (Lipinski definition) is 16. The van der Waals surface area contributed by atoms with Crippen LogP contribution >= 0.6 is 22.7 Å². The first-order chi connectivity index (χ1) is 41.6. The molecule has 0 unspecified atom stereocenters. The number of unbranched alkanes of at least 4 members (excludes halogenated alkanes) is 5. The van der Waals surface area contributed by atoms with Crippen molar-refractivity contribution in [2.75, 3.05) is 0 Å². The summed E-state index contributed by atoms with van der Waals surface area (Å²) >= 11 is 2.79. The van der Waals surface area contributed by atoms with Gasteiger partial charge in [0, 0.05) is 82.9 Å². The second-order valence-corrected chi connectivity index (χ2v) is 22.6. The van der Waals surface area contributed by atoms with E-state index < -0.39 is 23.9 Å². The molecule has 10 aromatic rings. The van der Waals surface area contributed by atoms with Crippen LogP contribution in [-0.4, -0.2) is 67.4 Å². The number of aromatic nitrogens is 2. The Hall–Kier alpha value is -9.78. The molecular weight excluding hydrogens is 1120 g/mol. The van der Waals surface area contributed by atoms with Crippen molar-refractivity contribution in [2.45, 2.75) is 92.9 Å². The van der Waals surface area contributed by atoms with Crippen LogP contribution < -0.4 is 0 Å². The lowest BCUT2D eigenvalue weighted by atomic mass is 9.99. The van der Waals surface area contributed by atoms with Crippen LogP contribution in [0.2, 0.25) is 0 Å². The van der Waals surface area contributed by atoms with Crippen LogP contribution in [0.1, 0.15) is 146 Å². The number of carbonyl (C=O) groups is 6. The first-order valence-corrected chi connectivity index (χ1v) is 29.9. The Morgan fingerprint density at radius 2 is 0.663 bits per heavy atom. The van der Waals surface area contributed by atoms with Crippen molar-refractivity contribution in [3.63, 3.8) is 0 Å². The SMILES string of the molecule is CC(=O)ON=C(C)c1ccc(-n2c3ccc(C(=O)c4cccs4)cc3c3cc(C(CCCCCCCCC(=NOC(C)=O)c4ccc5c(c4)c4cc(C(=O)c6cccs6)ccc4n5-c4ccc(C(C)=NOC(C)=O)cc4)=NOC(C)=O)ccc32)cc1. The van der Waals surface area contributed by atoms with Gasteiger partial charge in [0.15, 0.2) is 0 Å². The van der Waals surface area contributed by atoms with Gasteiger partial charge in [0.25, 0.3) is 0 Å². The van der Waals surface area contributed by atoms with Crippen LogP contribution in [0.3, 0.4) is 0 Å². The van der Waals surface area contributed by atoms with E-state index in [0.29, 0.717) is 56.6 Å². The van der Waals surface area contributed by atoms with Crippen LogP contribution in [-0.2, 0) is 38.5 Å². The molecule has 0 spiro atoms. The summed E-state index contributed by atoms with van der Waals surface area (Å²) in [5.74, 6) is -2.22. The Bertz CT molecular complexity index is 4080. The maximum absolute atomic E-state index is 13.7. The molecule has 0 aliphatic heterocycles. The molecular formula is C68H60N6O10S2. The maximum atomic E-state index is 13.7. The lowest BCUT2D eigenvalue weighted by Gasteiger charge is -2.11. The average Bonchev–Trinajstić information content (AvgIpc) is 1.70. The van der Waals surface area contributed by atoms with Gasteiger partial charge in [0.1, 0.15) is 0 Å². The number of hydrogen-bond donors (Lipinski definition) is 0. The van der Waals surface area contributed by atoms with Crippen molar-refractivity contribution in [3.05, 3.63) is 199 Å². The van der Waals surface area contributed by atoms with Gasteiger partial charge in [-0.05, 0) is 158 Å². The minimum absolute atomic E-state index is 0.0702. The van der Waals surface area contributed by atoms with E-state index in [0.717, 1.165) is 116 Å². The number of ketones is 2. The number of nitrogens with zero attached hydrogens (tertiary/aromatic N) is 6. The number of rotatable bonds is 23. The summed E-state index contributed by atoms with van der Waals surface area (Å²) in [6.45, 7) is 8.77. The fraction of sp³-hybridized carbons (Fsp3) is 0.206. The second-order valence-electron chi connectivity index (χ2n) is 20.7. The van der Waals surface area contributed by atoms with E-state index in [-0.39, 0.29) is 11.6 Å². The quantitative estimate of drug-likeness (QED) is 0.0195. The first kappa shape index (κ1) is 59.4. The monoisotopic (exact) mass is 1180 g/mol. The van der Waals surface area contributed by atoms with Crippen LogP contribution in [0.15, 0.2) is 177 Å². The Kier molecular flexibility index (Phi) is 18.5. The van der Waals surface area contributed by atoms with Gasteiger partial charge in [-0.1, -0.05) is 94.8 Å². The molecule has 0 atom stereocenters. The highest BCUT2D eigenvalue weighted by atomic mass is 32.1. The molecule has 0 amide bonds. The minimum atomic E-state index is -0.532. The largest absolute Gasteiger partial charge is 0.331 e. The van der Waals surface area contributed by atoms with Crippen molar-refractivity contribution >= 4 is 125 Å². The lowest BCUT2D eigenvalue weighted by molar-refractivity contribution is -0.141. The highest BCUT2D eigenvalue weighted by molar-refractivity contribution is 7.12. The Morgan fingerprint density at radius 1 is 0.360 bits per heavy atom. The molecule has 18 heteroatoms. The van der Waals surface area contributed by atoms with Gasteiger partial charge in [-0.15, -0.1) is 22.7 Å². The normalized spacial score (nSPS) is 12.3. The predicted molar refractivity (Wildman–Crippen MR) is 339 cm³/mol. The van der Waals surface area contributed by atoms with Crippen molar-refractivity contribution in [1.29, 1.82) is 0 Å². The minimum Gasteiger partial charge on any atom is -0.318 e. The average molecular weight is 1190 g/mol. The highest BCUT2D eigenvalue weighted by Gasteiger charge is 2.21. The summed E-state index contributed by atoms with van der Waals surface area (Å²) in [7, 11) is 0. The summed E-state index contributed by atoms with van der Waals surface area (Å²) < 4.78 is 4.26. The van der Waals surface area contributed by atoms with Gasteiger partial charge in [-0.25, -0.2) is 19.2 Å². The molecule has 0 aliphatic rings. The highest BCUT2D eigenvalue weighted by Crippen LogP contribution is 2.37. The van der Waals surface area contributed by atoms with E-state index in [2.05, 4.69) is 29.8 Å². The second kappa shape index (κ2) is 26.9. The topological polar surface area (TPSA) is 199 Å². The van der Waals surface area contributed by atoms with Crippen LogP contribution in [0.25, 0.3) is 55.0 Å². The molecule has 16 nitrogen and oxygen atoms in total. The fourth-order valence-corrected chi connectivity index (χ4v) is 11.8. The number of benzene rings is 6. The molecule has 0 bridgehead atoms. The zero-order valence-electron chi connectivity index (χ0n) is 48.3. The fourth-order valence-electron chi connectivity index (χ4n) is 10.4. The smallest absolute Gasteiger partial charge is 0.318 e. The summed E-state index contributed by atoms with van der Waals surface area (Å²) in [4.78, 5) is 96.3. The van der Waals surface area contributed by atoms with E-state index in [9.17, 15) is 28.8 Å². The molecule has 86 heavy (non-hydrogen) atoms. The summed E-state index contributed by atoms with van der Waals surface area (Å²) in [5.41, 5.74) is 11.8. The molecule has 0 fully saturated rings. The molecule has 0 saturated heterocycles. The molecule has 10 rings (SSSR count). The maximum Gasteiger partial charge on any atom is 0.331 e. The molecule has 6 aromatic carbocycles. The third-order valence-electron chi connectivity index (χ3n) is 14.6. The van der Waals surface area contributed by atoms with E-state index in [1.54, 1.807) is 13.8 Å². The Morgan fingerprint density at radius 3 is 0.988 bits per heavy atom. The molecule has 0 saturated carbocycles. The van der Waals surface area contributed by atoms with Crippen LogP contribution in [0.5, 0.6) is 0 Å². The molecule has 4 aromatic heterocycles. The molecule has 434 valence electrons. The van der Waals surface area contributed by atoms with Crippen molar-refractivity contribution < 1.29 is 48.1 Å². The molecule has 4 heterocycles. The molecule has 0 N–H and O–H groups in total. The third-order valence-corrected chi connectivity index (χ3v) is 16.3. The van der Waals surface area contributed by atoms with E-state index in [4.69, 9.17) is 19.4 Å². The van der Waals surface area contributed by atoms with Gasteiger partial charge in [-0.3, -0.25) is 9.59 Å². The molecule has 0 radical (unpaired) electrons. The summed E-state index contributed by atoms with van der Waals surface area (Å²) in [6.07, 6.45) is 6.23. The zero-order chi connectivity index (χ0) is 60.4. The number of thiophene rings is 2. The Balaban J connectivity index is 0.853. The summed E-state index contributed by atoms with van der Waals surface area (Å²) in [5, 5.41) is 23.9. The number of carbonyl (C=O) groups excluding carboxylic acids is 6. The van der Waals surface area contributed by atoms with Crippen molar-refractivity contribution in [3.8, 4) is 11.4 Å². The van der Waals surface area contributed by atoms with Crippen LogP contribution in [0.4, 0.5) is 0 Å². The van der Waals surface area contributed by atoms with E-state index in [1.807, 2.05) is 156 Å². The van der Waals surface area contributed by atoms with Crippen molar-refractivity contribution in [1.82, 2.24) is 9.13 Å². The Labute approximate surface area is 503 Å². The number of fused-ring (bicyclic) bond motifs is 6. The predicted octanol–water partition coefficient (Wildman–Crippen LogP) is 15.4. The zero-order valence-corrected chi connectivity index (χ0v) is 49.9. The molecule has 0 aliphatic carbocycles. The van der Waals surface area contributed by atoms with Gasteiger partial charge in [-0.2, -0.15) is 0 Å². The van der Waals surface area contributed by atoms with Gasteiger partial charge in [0.2, 0.25) is 11.6 Å². The van der Waals surface area contributed by atoms with Gasteiger partial charge >= 0.3 is 23.9 Å². The van der Waals surface area contributed by atoms with Gasteiger partial charge < -0.3 is 28.5 Å². The lowest BCUT2D eigenvalue weighted by Crippen LogP contribution is -2.05. The first-order valence-electron chi connectivity index (χ1n) is 28.1. The standard InChI is InChI=1S/C68H60N6O10S2/c1-41(69-81-43(3)75)47-19-27-53(28-20-47)73-61-31-23-49(37-55(61)57-39-51(25-33-63(57)73)67(79)65-17-13-35-85-65)59(71-83-45(5)77)15-11-9-7-8-10-12-16-60(72-84-46(6)78)50-24-32-62-56(38-50)58-40-52(68(80)66-18-14-36-86-66)26-34-64(58)74(62)54-29-21-48(22-30-54)42(2)70-82-44(4)76/h13-14,17-40H,7-12,15-16H2,1-6H3. The number of oxime groups is 4. The summed E-state index contributed by atoms with van der Waals surface area (Å²) in [6, 6.07) is 46.5. The van der Waals surface area contributed by atoms with E-state index in [1.165, 1.54) is 50.4 Å². The van der Waals surface area contributed by atoms with E-state index >= 15 is 0 Å². The van der Waals surface area contributed by atoms with Crippen LogP contribution in [0, 0.1) is 0 Å².